The van der Waals surface area contributed by atoms with Gasteiger partial charge in [-0.2, -0.15) is 0 Å². The first-order valence-corrected chi connectivity index (χ1v) is 21.4. The van der Waals surface area contributed by atoms with Gasteiger partial charge in [-0.15, -0.1) is 0 Å². The number of aryl methyl sites for hydroxylation is 2. The first-order chi connectivity index (χ1) is 25.5. The average molecular weight is 768 g/mol. The van der Waals surface area contributed by atoms with Crippen LogP contribution in [0.3, 0.4) is 0 Å². The van der Waals surface area contributed by atoms with Gasteiger partial charge in [-0.25, -0.2) is 4.57 Å². The molecule has 3 atom stereocenters. The molecule has 0 saturated carbocycles. The number of aliphatic hydroxyl groups excluding tert-OH is 1. The summed E-state index contributed by atoms with van der Waals surface area (Å²) in [7, 11) is -4.41. The third-order valence-electron chi connectivity index (χ3n) is 8.79. The van der Waals surface area contributed by atoms with Crippen LogP contribution < -0.4 is 5.73 Å². The number of carbonyl (C=O) groups excluding carboxylic acids is 2. The summed E-state index contributed by atoms with van der Waals surface area (Å²) in [6, 6.07) is 0. The summed E-state index contributed by atoms with van der Waals surface area (Å²) in [6.07, 6.45) is 26.5. The lowest BCUT2D eigenvalue weighted by Gasteiger charge is -2.19. The number of esters is 2. The standard InChI is InChI=1S/C41H70NO10P/c1-5-7-19-25-36(43)26-20-15-11-9-8-10-12-17-22-28-40(44)48-32-37(33-50-53(46,47)49-31-30-42)51-41(45)29-23-18-14-13-16-21-27-39-35(4)34(3)38(52-39)24-6-2/h7,11,15,19-20,26,36-37,43H,5-6,8-10,12-14,16-18,21-25,27-33,42H2,1-4H3,(H,46,47)/b15-11+,19-7+,26-20+/t36?,37-/m1/s1. The van der Waals surface area contributed by atoms with Crippen molar-refractivity contribution in [2.75, 3.05) is 26.4 Å². The Morgan fingerprint density at radius 3 is 2.08 bits per heavy atom. The van der Waals surface area contributed by atoms with Crippen LogP contribution in [0.1, 0.15) is 146 Å². The van der Waals surface area contributed by atoms with Crippen LogP contribution >= 0.6 is 7.82 Å². The molecule has 0 saturated heterocycles. The zero-order valence-electron chi connectivity index (χ0n) is 33.1. The topological polar surface area (TPSA) is 168 Å². The number of phosphoric ester groups is 1. The van der Waals surface area contributed by atoms with E-state index in [0.717, 1.165) is 101 Å². The normalized spacial score (nSPS) is 14.3. The number of allylic oxidation sites excluding steroid dienone is 4. The summed E-state index contributed by atoms with van der Waals surface area (Å²) < 4.78 is 38.8. The Kier molecular flexibility index (Phi) is 28.1. The number of nitrogens with two attached hydrogens (primary N) is 1. The Morgan fingerprint density at radius 1 is 0.792 bits per heavy atom. The molecule has 1 aromatic heterocycles. The number of aliphatic hydroxyl groups is 1. The van der Waals surface area contributed by atoms with Gasteiger partial charge in [0.25, 0.3) is 0 Å². The van der Waals surface area contributed by atoms with Crippen LogP contribution in [0.25, 0.3) is 0 Å². The monoisotopic (exact) mass is 767 g/mol. The highest BCUT2D eigenvalue weighted by molar-refractivity contribution is 7.47. The van der Waals surface area contributed by atoms with Gasteiger partial charge in [0, 0.05) is 32.2 Å². The van der Waals surface area contributed by atoms with Gasteiger partial charge in [-0.3, -0.25) is 18.6 Å². The second-order valence-electron chi connectivity index (χ2n) is 13.6. The van der Waals surface area contributed by atoms with E-state index in [1.54, 1.807) is 6.08 Å². The molecule has 2 unspecified atom stereocenters. The van der Waals surface area contributed by atoms with E-state index in [4.69, 9.17) is 28.7 Å². The van der Waals surface area contributed by atoms with Crippen molar-refractivity contribution in [3.05, 3.63) is 59.1 Å². The third kappa shape index (κ3) is 25.2. The molecule has 4 N–H and O–H groups in total. The number of phosphoric acid groups is 1. The van der Waals surface area contributed by atoms with Gasteiger partial charge >= 0.3 is 19.8 Å². The fourth-order valence-electron chi connectivity index (χ4n) is 5.60. The summed E-state index contributed by atoms with van der Waals surface area (Å²) in [5.41, 5.74) is 7.89. The van der Waals surface area contributed by atoms with Crippen LogP contribution in [0.15, 0.2) is 40.9 Å². The molecule has 0 bridgehead atoms. The Balaban J connectivity index is 2.32. The van der Waals surface area contributed by atoms with Crippen molar-refractivity contribution in [2.45, 2.75) is 162 Å². The molecule has 1 aromatic rings. The Hall–Kier alpha value is -2.53. The Labute approximate surface area is 319 Å². The molecule has 12 heteroatoms. The van der Waals surface area contributed by atoms with E-state index in [9.17, 15) is 24.2 Å². The first kappa shape index (κ1) is 48.5. The molecule has 1 heterocycles. The van der Waals surface area contributed by atoms with Crippen molar-refractivity contribution >= 4 is 19.8 Å². The number of unbranched alkanes of at least 4 members (excludes halogenated alkanes) is 10. The SMILES string of the molecule is CC/C=C/CC(O)/C=C/C=C/CCCCCCCC(=O)OC[C@H](COP(=O)(O)OCCN)OC(=O)CCCCCCCCc1oc(CCC)c(C)c1C. The zero-order chi connectivity index (χ0) is 39.2. The molecule has 0 aromatic carbocycles. The molecule has 0 spiro atoms. The van der Waals surface area contributed by atoms with Gasteiger partial charge in [-0.05, 0) is 76.3 Å². The molecular weight excluding hydrogens is 697 g/mol. The second kappa shape index (κ2) is 30.8. The van der Waals surface area contributed by atoms with Crippen molar-refractivity contribution in [1.29, 1.82) is 0 Å². The molecule has 0 radical (unpaired) electrons. The van der Waals surface area contributed by atoms with Crippen LogP contribution in [0, 0.1) is 13.8 Å². The van der Waals surface area contributed by atoms with Crippen LogP contribution in [0.5, 0.6) is 0 Å². The number of hydrogen-bond donors (Lipinski definition) is 3. The van der Waals surface area contributed by atoms with E-state index in [-0.39, 0.29) is 32.6 Å². The van der Waals surface area contributed by atoms with Crippen molar-refractivity contribution in [2.24, 2.45) is 5.73 Å². The average Bonchev–Trinajstić information content (AvgIpc) is 3.39. The van der Waals surface area contributed by atoms with E-state index in [2.05, 4.69) is 33.8 Å². The third-order valence-corrected chi connectivity index (χ3v) is 9.78. The predicted octanol–water partition coefficient (Wildman–Crippen LogP) is 9.23. The summed E-state index contributed by atoms with van der Waals surface area (Å²) in [4.78, 5) is 34.9. The number of hydrogen-bond acceptors (Lipinski definition) is 10. The maximum absolute atomic E-state index is 12.6. The highest BCUT2D eigenvalue weighted by atomic mass is 31.2. The summed E-state index contributed by atoms with van der Waals surface area (Å²) in [5, 5.41) is 9.86. The lowest BCUT2D eigenvalue weighted by atomic mass is 10.0. The summed E-state index contributed by atoms with van der Waals surface area (Å²) >= 11 is 0. The lowest BCUT2D eigenvalue weighted by molar-refractivity contribution is -0.161. The molecule has 304 valence electrons. The lowest BCUT2D eigenvalue weighted by Crippen LogP contribution is -2.29. The Bertz CT molecular complexity index is 1260. The maximum atomic E-state index is 12.6. The van der Waals surface area contributed by atoms with Crippen LogP contribution in [-0.4, -0.2) is 60.5 Å². The molecular formula is C41H70NO10P. The molecule has 0 amide bonds. The second-order valence-corrected chi connectivity index (χ2v) is 15.0. The van der Waals surface area contributed by atoms with Gasteiger partial charge in [-0.1, -0.05) is 95.2 Å². The van der Waals surface area contributed by atoms with Gasteiger partial charge in [0.1, 0.15) is 18.1 Å². The van der Waals surface area contributed by atoms with Gasteiger partial charge in [0.2, 0.25) is 0 Å². The smallest absolute Gasteiger partial charge is 0.466 e. The van der Waals surface area contributed by atoms with E-state index in [1.165, 1.54) is 11.1 Å². The molecule has 11 nitrogen and oxygen atoms in total. The minimum atomic E-state index is -4.41. The number of furan rings is 1. The molecule has 0 aliphatic carbocycles. The fourth-order valence-corrected chi connectivity index (χ4v) is 6.36. The highest BCUT2D eigenvalue weighted by Gasteiger charge is 2.26. The van der Waals surface area contributed by atoms with Crippen molar-refractivity contribution < 1.29 is 47.1 Å². The number of rotatable bonds is 33. The summed E-state index contributed by atoms with van der Waals surface area (Å²) in [6.45, 7) is 7.60. The quantitative estimate of drug-likeness (QED) is 0.0205. The minimum Gasteiger partial charge on any atom is -0.466 e. The number of carbonyl (C=O) groups is 2. The highest BCUT2D eigenvalue weighted by Crippen LogP contribution is 2.43. The molecule has 0 aliphatic rings. The molecule has 0 fully saturated rings. The van der Waals surface area contributed by atoms with E-state index in [0.29, 0.717) is 19.3 Å². The fraction of sp³-hybridized carbons (Fsp3) is 0.707. The van der Waals surface area contributed by atoms with Gasteiger partial charge in [0.15, 0.2) is 6.10 Å². The van der Waals surface area contributed by atoms with E-state index >= 15 is 0 Å². The first-order valence-electron chi connectivity index (χ1n) is 19.9. The predicted molar refractivity (Wildman–Crippen MR) is 210 cm³/mol. The van der Waals surface area contributed by atoms with E-state index in [1.807, 2.05) is 24.3 Å². The van der Waals surface area contributed by atoms with Gasteiger partial charge < -0.3 is 29.6 Å². The Morgan fingerprint density at radius 2 is 1.42 bits per heavy atom. The van der Waals surface area contributed by atoms with Crippen molar-refractivity contribution in [3.63, 3.8) is 0 Å². The largest absolute Gasteiger partial charge is 0.472 e. The van der Waals surface area contributed by atoms with Crippen molar-refractivity contribution in [3.8, 4) is 0 Å². The van der Waals surface area contributed by atoms with Crippen LogP contribution in [-0.2, 0) is 45.5 Å². The summed E-state index contributed by atoms with van der Waals surface area (Å²) in [5.74, 6) is 1.30. The van der Waals surface area contributed by atoms with Crippen LogP contribution in [0.2, 0.25) is 0 Å². The molecule has 53 heavy (non-hydrogen) atoms. The van der Waals surface area contributed by atoms with Gasteiger partial charge in [0.05, 0.1) is 19.3 Å². The van der Waals surface area contributed by atoms with Crippen molar-refractivity contribution in [1.82, 2.24) is 0 Å². The van der Waals surface area contributed by atoms with E-state index < -0.39 is 38.6 Å². The van der Waals surface area contributed by atoms with Crippen LogP contribution in [0.4, 0.5) is 0 Å². The molecule has 0 aliphatic heterocycles. The molecule has 1 rings (SSSR count). The zero-order valence-corrected chi connectivity index (χ0v) is 34.0. The number of ether oxygens (including phenoxy) is 2. The minimum absolute atomic E-state index is 0.0330. The maximum Gasteiger partial charge on any atom is 0.472 e.